The molecule has 0 unspecified atom stereocenters. The molecule has 2 saturated heterocycles. The molecule has 3 heterocycles. The van der Waals surface area contributed by atoms with Gasteiger partial charge in [-0.25, -0.2) is 4.98 Å². The average Bonchev–Trinajstić information content (AvgIpc) is 3.09. The van der Waals surface area contributed by atoms with E-state index in [0.29, 0.717) is 33.9 Å². The van der Waals surface area contributed by atoms with Crippen LogP contribution >= 0.6 is 27.5 Å². The van der Waals surface area contributed by atoms with Gasteiger partial charge in [0.25, 0.3) is 5.91 Å². The molecule has 1 aromatic heterocycles. The van der Waals surface area contributed by atoms with Crippen molar-refractivity contribution in [3.8, 4) is 5.75 Å². The lowest BCUT2D eigenvalue weighted by Crippen LogP contribution is -2.44. The van der Waals surface area contributed by atoms with Crippen molar-refractivity contribution in [3.05, 3.63) is 57.3 Å². The Morgan fingerprint density at radius 2 is 2.10 bits per heavy atom. The molecule has 2 aliphatic rings. The molecule has 0 radical (unpaired) electrons. The highest BCUT2D eigenvalue weighted by Gasteiger charge is 2.37. The van der Waals surface area contributed by atoms with Gasteiger partial charge in [0.05, 0.1) is 4.47 Å². The average molecular weight is 479 g/mol. The van der Waals surface area contributed by atoms with Gasteiger partial charge in [0, 0.05) is 55.7 Å². The second kappa shape index (κ2) is 8.71. The number of aromatic nitrogens is 1. The van der Waals surface area contributed by atoms with Crippen molar-refractivity contribution in [1.29, 1.82) is 0 Å². The van der Waals surface area contributed by atoms with Crippen LogP contribution in [-0.4, -0.2) is 40.4 Å². The van der Waals surface area contributed by atoms with Crippen LogP contribution in [0.4, 0.5) is 0 Å². The zero-order valence-electron chi connectivity index (χ0n) is 15.7. The maximum Gasteiger partial charge on any atom is 0.270 e. The fraction of sp³-hybridized carbons (Fsp3) is 0.381. The number of benzene rings is 1. The maximum absolute atomic E-state index is 12.5. The molecule has 8 heteroatoms. The van der Waals surface area contributed by atoms with Crippen LogP contribution < -0.4 is 10.1 Å². The summed E-state index contributed by atoms with van der Waals surface area (Å²) in [5.74, 6) is 0.575. The molecule has 2 fully saturated rings. The first-order chi connectivity index (χ1) is 14.0. The van der Waals surface area contributed by atoms with Crippen LogP contribution in [0, 0.1) is 0 Å². The molecule has 29 heavy (non-hydrogen) atoms. The van der Waals surface area contributed by atoms with Crippen LogP contribution in [0.25, 0.3) is 0 Å². The third kappa shape index (κ3) is 4.73. The molecular formula is C21H21BrClN3O3. The van der Waals surface area contributed by atoms with Crippen molar-refractivity contribution in [3.63, 3.8) is 0 Å². The van der Waals surface area contributed by atoms with Crippen molar-refractivity contribution in [2.45, 2.75) is 44.4 Å². The number of amides is 2. The van der Waals surface area contributed by atoms with Gasteiger partial charge in [-0.2, -0.15) is 0 Å². The number of nitrogens with one attached hydrogen (secondary N) is 1. The molecule has 4 rings (SSSR count). The van der Waals surface area contributed by atoms with Gasteiger partial charge in [0.15, 0.2) is 0 Å². The first kappa shape index (κ1) is 20.2. The fourth-order valence-corrected chi connectivity index (χ4v) is 4.28. The highest BCUT2D eigenvalue weighted by Crippen LogP contribution is 2.32. The molecule has 2 amide bonds. The minimum atomic E-state index is -0.270. The van der Waals surface area contributed by atoms with E-state index in [-0.39, 0.29) is 24.0 Å². The standard InChI is InChI=1S/C21H21BrClN3O3/c22-17-12-24-18(21(28)25-11-13-1-3-14(23)4-2-13)10-19(17)29-16-7-8-26-15(9-16)5-6-20(26)27/h1-4,10,12,15-16H,5-9,11H2,(H,25,28)/t15-,16+/m1/s1. The van der Waals surface area contributed by atoms with Gasteiger partial charge in [-0.15, -0.1) is 0 Å². The number of halogens is 2. The lowest BCUT2D eigenvalue weighted by molar-refractivity contribution is -0.130. The summed E-state index contributed by atoms with van der Waals surface area (Å²) < 4.78 is 6.88. The summed E-state index contributed by atoms with van der Waals surface area (Å²) in [6.45, 7) is 1.11. The van der Waals surface area contributed by atoms with Gasteiger partial charge in [-0.3, -0.25) is 9.59 Å². The predicted octanol–water partition coefficient (Wildman–Crippen LogP) is 3.96. The Balaban J connectivity index is 1.38. The number of hydrogen-bond donors (Lipinski definition) is 1. The number of rotatable bonds is 5. The van der Waals surface area contributed by atoms with Gasteiger partial charge < -0.3 is 15.0 Å². The largest absolute Gasteiger partial charge is 0.489 e. The zero-order valence-corrected chi connectivity index (χ0v) is 18.1. The van der Waals surface area contributed by atoms with Crippen molar-refractivity contribution in [2.24, 2.45) is 0 Å². The fourth-order valence-electron chi connectivity index (χ4n) is 3.85. The molecule has 0 aliphatic carbocycles. The molecule has 2 atom stereocenters. The monoisotopic (exact) mass is 477 g/mol. The number of ether oxygens (including phenoxy) is 1. The van der Waals surface area contributed by atoms with E-state index in [0.717, 1.165) is 31.4 Å². The minimum Gasteiger partial charge on any atom is -0.489 e. The summed E-state index contributed by atoms with van der Waals surface area (Å²) in [6.07, 6.45) is 4.74. The molecule has 2 aromatic rings. The third-order valence-electron chi connectivity index (χ3n) is 5.39. The first-order valence-electron chi connectivity index (χ1n) is 9.64. The topological polar surface area (TPSA) is 71.5 Å². The Bertz CT molecular complexity index is 922. The highest BCUT2D eigenvalue weighted by atomic mass is 79.9. The quantitative estimate of drug-likeness (QED) is 0.706. The summed E-state index contributed by atoms with van der Waals surface area (Å²) >= 11 is 9.34. The van der Waals surface area contributed by atoms with Crippen LogP contribution in [0.15, 0.2) is 41.0 Å². The van der Waals surface area contributed by atoms with Crippen molar-refractivity contribution < 1.29 is 14.3 Å². The van der Waals surface area contributed by atoms with Crippen LogP contribution in [0.2, 0.25) is 5.02 Å². The summed E-state index contributed by atoms with van der Waals surface area (Å²) in [4.78, 5) is 30.5. The lowest BCUT2D eigenvalue weighted by Gasteiger charge is -2.35. The molecule has 2 aliphatic heterocycles. The van der Waals surface area contributed by atoms with Gasteiger partial charge in [0.2, 0.25) is 5.91 Å². The van der Waals surface area contributed by atoms with Crippen molar-refractivity contribution >= 4 is 39.3 Å². The number of piperidine rings is 1. The van der Waals surface area contributed by atoms with Crippen molar-refractivity contribution in [1.82, 2.24) is 15.2 Å². The Kier molecular flexibility index (Phi) is 6.06. The van der Waals surface area contributed by atoms with E-state index >= 15 is 0 Å². The summed E-state index contributed by atoms with van der Waals surface area (Å²) in [7, 11) is 0. The third-order valence-corrected chi connectivity index (χ3v) is 6.24. The molecule has 0 bridgehead atoms. The Labute approximate surface area is 182 Å². The van der Waals surface area contributed by atoms with E-state index in [1.54, 1.807) is 24.4 Å². The highest BCUT2D eigenvalue weighted by molar-refractivity contribution is 9.10. The van der Waals surface area contributed by atoms with Crippen LogP contribution in [0.5, 0.6) is 5.75 Å². The Morgan fingerprint density at radius 1 is 1.31 bits per heavy atom. The van der Waals surface area contributed by atoms with Crippen LogP contribution in [0.1, 0.15) is 41.7 Å². The smallest absolute Gasteiger partial charge is 0.270 e. The number of carbonyl (C=O) groups is 2. The Hall–Kier alpha value is -2.12. The molecule has 0 spiro atoms. The second-order valence-electron chi connectivity index (χ2n) is 7.35. The summed E-state index contributed by atoms with van der Waals surface area (Å²) in [5, 5.41) is 3.52. The molecular weight excluding hydrogens is 458 g/mol. The maximum atomic E-state index is 12.5. The van der Waals surface area contributed by atoms with E-state index in [1.807, 2.05) is 17.0 Å². The normalized spacial score (nSPS) is 21.0. The number of pyridine rings is 1. The van der Waals surface area contributed by atoms with E-state index in [2.05, 4.69) is 26.2 Å². The lowest BCUT2D eigenvalue weighted by atomic mass is 10.00. The molecule has 152 valence electrons. The van der Waals surface area contributed by atoms with Gasteiger partial charge in [-0.05, 0) is 40.0 Å². The van der Waals surface area contributed by atoms with E-state index in [9.17, 15) is 9.59 Å². The SMILES string of the molecule is O=C(NCc1ccc(Cl)cc1)c1cc(O[C@H]2CCN3C(=O)CC[C@@H]3C2)c(Br)cn1. The van der Waals surface area contributed by atoms with Gasteiger partial charge in [-0.1, -0.05) is 23.7 Å². The number of hydrogen-bond acceptors (Lipinski definition) is 4. The molecule has 1 aromatic carbocycles. The van der Waals surface area contributed by atoms with E-state index in [4.69, 9.17) is 16.3 Å². The minimum absolute atomic E-state index is 0.0193. The predicted molar refractivity (Wildman–Crippen MR) is 113 cm³/mol. The molecule has 6 nitrogen and oxygen atoms in total. The number of nitrogens with zero attached hydrogens (tertiary/aromatic N) is 2. The van der Waals surface area contributed by atoms with Gasteiger partial charge >= 0.3 is 0 Å². The van der Waals surface area contributed by atoms with Crippen molar-refractivity contribution in [2.75, 3.05) is 6.54 Å². The second-order valence-corrected chi connectivity index (χ2v) is 8.64. The van der Waals surface area contributed by atoms with Crippen LogP contribution in [-0.2, 0) is 11.3 Å². The van der Waals surface area contributed by atoms with E-state index < -0.39 is 0 Å². The number of carbonyl (C=O) groups excluding carboxylic acids is 2. The molecule has 0 saturated carbocycles. The number of fused-ring (bicyclic) bond motifs is 1. The first-order valence-corrected chi connectivity index (χ1v) is 10.8. The van der Waals surface area contributed by atoms with Crippen LogP contribution in [0.3, 0.4) is 0 Å². The van der Waals surface area contributed by atoms with E-state index in [1.165, 1.54) is 0 Å². The summed E-state index contributed by atoms with van der Waals surface area (Å²) in [6, 6.07) is 9.24. The Morgan fingerprint density at radius 3 is 2.90 bits per heavy atom. The molecule has 1 N–H and O–H groups in total. The zero-order chi connectivity index (χ0) is 20.4. The summed E-state index contributed by atoms with van der Waals surface area (Å²) in [5.41, 5.74) is 1.25. The van der Waals surface area contributed by atoms with Gasteiger partial charge in [0.1, 0.15) is 17.5 Å².